The fourth-order valence-electron chi connectivity index (χ4n) is 5.08. The number of halogens is 7. The van der Waals surface area contributed by atoms with Crippen LogP contribution in [0.15, 0.2) is 30.3 Å². The van der Waals surface area contributed by atoms with Gasteiger partial charge >= 0.3 is 18.3 Å². The molecular weight excluding hydrogens is 554 g/mol. The van der Waals surface area contributed by atoms with Crippen LogP contribution in [-0.2, 0) is 11.0 Å². The number of rotatable bonds is 9. The zero-order valence-corrected chi connectivity index (χ0v) is 21.6. The second kappa shape index (κ2) is 12.2. The number of amides is 1. The summed E-state index contributed by atoms with van der Waals surface area (Å²) in [5.41, 5.74) is -0.983. The number of nitrogens with one attached hydrogen (secondary N) is 1. The van der Waals surface area contributed by atoms with Crippen LogP contribution < -0.4 is 5.32 Å². The molecule has 1 saturated carbocycles. The average molecular weight is 583 g/mol. The number of hydrogen-bond donors (Lipinski definition) is 2. The van der Waals surface area contributed by atoms with Crippen molar-refractivity contribution < 1.29 is 41.0 Å². The van der Waals surface area contributed by atoms with Gasteiger partial charge in [0.1, 0.15) is 0 Å². The second-order valence-electron chi connectivity index (χ2n) is 9.90. The van der Waals surface area contributed by atoms with Crippen LogP contribution in [0.2, 0.25) is 0 Å². The first kappa shape index (κ1) is 30.7. The number of aromatic nitrogens is 2. The Morgan fingerprint density at radius 3 is 2.31 bits per heavy atom. The Labute approximate surface area is 226 Å². The number of hydrogen-bond acceptors (Lipinski definition) is 4. The molecule has 14 heteroatoms. The van der Waals surface area contributed by atoms with E-state index in [1.54, 1.807) is 0 Å². The Balaban J connectivity index is 0.00000420. The van der Waals surface area contributed by atoms with Gasteiger partial charge in [-0.15, -0.1) is 12.4 Å². The Morgan fingerprint density at radius 1 is 1.08 bits per heavy atom. The SMILES string of the molecule is Cl.O=C(O)C[C@H](CCN1CC(C(F)(F)F)C1)NC(=O)c1cc(-c2ccccc2C(F)(F)F)n(C2CCCC2)n1. The number of alkyl halides is 6. The number of carbonyl (C=O) groups is 2. The van der Waals surface area contributed by atoms with Crippen LogP contribution in [0, 0.1) is 5.92 Å². The largest absolute Gasteiger partial charge is 0.481 e. The standard InChI is InChI=1S/C25H28F6N4O3.ClH/c26-24(27,28)15-13-34(14-15)10-9-16(11-22(36)37)32-23(38)20-12-21(35(33-20)17-5-1-2-6-17)18-7-3-4-8-19(18)25(29,30)31;/h3-4,7-8,12,15-17H,1-2,5-6,9-11,13-14H2,(H,32,38)(H,36,37);1H/t16-;/m0./s1. The molecule has 2 aliphatic rings. The molecule has 2 N–H and O–H groups in total. The lowest BCUT2D eigenvalue weighted by Gasteiger charge is -2.40. The maximum absolute atomic E-state index is 13.7. The first-order valence-corrected chi connectivity index (χ1v) is 12.4. The zero-order chi connectivity index (χ0) is 27.7. The van der Waals surface area contributed by atoms with Gasteiger partial charge in [0.05, 0.1) is 29.6 Å². The summed E-state index contributed by atoms with van der Waals surface area (Å²) in [5, 5.41) is 16.2. The van der Waals surface area contributed by atoms with E-state index in [9.17, 15) is 41.0 Å². The molecule has 1 saturated heterocycles. The van der Waals surface area contributed by atoms with E-state index in [1.165, 1.54) is 33.8 Å². The van der Waals surface area contributed by atoms with Crippen molar-refractivity contribution in [2.75, 3.05) is 19.6 Å². The highest BCUT2D eigenvalue weighted by atomic mass is 35.5. The van der Waals surface area contributed by atoms with Crippen LogP contribution in [-0.4, -0.2) is 63.5 Å². The van der Waals surface area contributed by atoms with E-state index in [1.807, 2.05) is 0 Å². The van der Waals surface area contributed by atoms with E-state index in [-0.39, 0.29) is 61.5 Å². The molecule has 1 amide bonds. The van der Waals surface area contributed by atoms with Crippen molar-refractivity contribution in [1.29, 1.82) is 0 Å². The summed E-state index contributed by atoms with van der Waals surface area (Å²) in [5.74, 6) is -3.38. The van der Waals surface area contributed by atoms with Gasteiger partial charge in [-0.2, -0.15) is 31.4 Å². The summed E-state index contributed by atoms with van der Waals surface area (Å²) < 4.78 is 80.9. The number of carboxylic acid groups (broad SMARTS) is 1. The van der Waals surface area contributed by atoms with Crippen LogP contribution in [0.25, 0.3) is 11.3 Å². The molecule has 1 atom stereocenters. The highest BCUT2D eigenvalue weighted by Crippen LogP contribution is 2.40. The minimum atomic E-state index is -4.63. The van der Waals surface area contributed by atoms with Crippen LogP contribution in [0.1, 0.15) is 60.6 Å². The number of likely N-dealkylation sites (tertiary alicyclic amines) is 1. The van der Waals surface area contributed by atoms with Crippen molar-refractivity contribution in [1.82, 2.24) is 20.0 Å². The Kier molecular flexibility index (Phi) is 9.58. The molecule has 2 aromatic rings. The summed E-state index contributed by atoms with van der Waals surface area (Å²) in [7, 11) is 0. The Morgan fingerprint density at radius 2 is 1.72 bits per heavy atom. The quantitative estimate of drug-likeness (QED) is 0.378. The summed E-state index contributed by atoms with van der Waals surface area (Å²) in [6, 6.07) is 5.23. The molecule has 39 heavy (non-hydrogen) atoms. The minimum Gasteiger partial charge on any atom is -0.481 e. The third kappa shape index (κ3) is 7.44. The lowest BCUT2D eigenvalue weighted by atomic mass is 9.98. The van der Waals surface area contributed by atoms with Gasteiger partial charge < -0.3 is 15.3 Å². The Bertz CT molecular complexity index is 1160. The molecule has 1 aromatic heterocycles. The van der Waals surface area contributed by atoms with E-state index < -0.39 is 48.2 Å². The van der Waals surface area contributed by atoms with E-state index in [4.69, 9.17) is 0 Å². The predicted molar refractivity (Wildman–Crippen MR) is 132 cm³/mol. The molecule has 1 aliphatic heterocycles. The first-order valence-electron chi connectivity index (χ1n) is 12.4. The highest BCUT2D eigenvalue weighted by molar-refractivity contribution is 5.94. The first-order chi connectivity index (χ1) is 17.8. The molecule has 0 unspecified atom stereocenters. The molecule has 1 aliphatic carbocycles. The van der Waals surface area contributed by atoms with Crippen LogP contribution >= 0.6 is 12.4 Å². The number of carbonyl (C=O) groups excluding carboxylic acids is 1. The van der Waals surface area contributed by atoms with Gasteiger partial charge in [0.15, 0.2) is 5.69 Å². The lowest BCUT2D eigenvalue weighted by Crippen LogP contribution is -2.54. The lowest BCUT2D eigenvalue weighted by molar-refractivity contribution is -0.209. The van der Waals surface area contributed by atoms with Crippen molar-refractivity contribution in [2.24, 2.45) is 5.92 Å². The van der Waals surface area contributed by atoms with E-state index in [0.29, 0.717) is 12.8 Å². The van der Waals surface area contributed by atoms with Gasteiger partial charge in [0, 0.05) is 31.2 Å². The molecule has 1 aromatic carbocycles. The number of nitrogens with zero attached hydrogens (tertiary/aromatic N) is 3. The predicted octanol–water partition coefficient (Wildman–Crippen LogP) is 5.56. The van der Waals surface area contributed by atoms with Gasteiger partial charge in [0.25, 0.3) is 5.91 Å². The third-order valence-corrected chi connectivity index (χ3v) is 7.12. The van der Waals surface area contributed by atoms with Crippen LogP contribution in [0.3, 0.4) is 0 Å². The van der Waals surface area contributed by atoms with Crippen molar-refractivity contribution in [3.8, 4) is 11.3 Å². The maximum Gasteiger partial charge on any atom is 0.417 e. The monoisotopic (exact) mass is 582 g/mol. The van der Waals surface area contributed by atoms with E-state index in [0.717, 1.165) is 18.9 Å². The third-order valence-electron chi connectivity index (χ3n) is 7.12. The van der Waals surface area contributed by atoms with Crippen molar-refractivity contribution >= 4 is 24.3 Å². The number of benzene rings is 1. The van der Waals surface area contributed by atoms with Crippen LogP contribution in [0.5, 0.6) is 0 Å². The van der Waals surface area contributed by atoms with Gasteiger partial charge in [-0.1, -0.05) is 31.0 Å². The second-order valence-corrected chi connectivity index (χ2v) is 9.90. The van der Waals surface area contributed by atoms with Crippen LogP contribution in [0.4, 0.5) is 26.3 Å². The summed E-state index contributed by atoms with van der Waals surface area (Å²) in [4.78, 5) is 26.0. The van der Waals surface area contributed by atoms with Gasteiger partial charge in [0.2, 0.25) is 0 Å². The minimum absolute atomic E-state index is 0. The van der Waals surface area contributed by atoms with E-state index >= 15 is 0 Å². The average Bonchev–Trinajstić information content (AvgIpc) is 3.46. The fourth-order valence-corrected chi connectivity index (χ4v) is 5.08. The molecule has 2 fully saturated rings. The molecule has 7 nitrogen and oxygen atoms in total. The van der Waals surface area contributed by atoms with Gasteiger partial charge in [-0.3, -0.25) is 14.3 Å². The normalized spacial score (nSPS) is 17.9. The summed E-state index contributed by atoms with van der Waals surface area (Å²) in [6.07, 6.45) is -6.15. The molecule has 0 radical (unpaired) electrons. The number of aliphatic carboxylic acids is 1. The van der Waals surface area contributed by atoms with Crippen molar-refractivity contribution in [3.63, 3.8) is 0 Å². The van der Waals surface area contributed by atoms with Gasteiger partial charge in [-0.05, 0) is 31.4 Å². The molecule has 2 heterocycles. The summed E-state index contributed by atoms with van der Waals surface area (Å²) in [6.45, 7) is -0.221. The zero-order valence-electron chi connectivity index (χ0n) is 20.8. The maximum atomic E-state index is 13.7. The Hall–Kier alpha value is -2.80. The molecule has 4 rings (SSSR count). The van der Waals surface area contributed by atoms with Crippen molar-refractivity contribution in [3.05, 3.63) is 41.6 Å². The summed E-state index contributed by atoms with van der Waals surface area (Å²) >= 11 is 0. The topological polar surface area (TPSA) is 87.5 Å². The molecule has 0 bridgehead atoms. The van der Waals surface area contributed by atoms with E-state index in [2.05, 4.69) is 10.4 Å². The number of carboxylic acids is 1. The molecular formula is C25H29ClF6N4O3. The smallest absolute Gasteiger partial charge is 0.417 e. The fraction of sp³-hybridized carbons (Fsp3) is 0.560. The molecule has 0 spiro atoms. The van der Waals surface area contributed by atoms with Gasteiger partial charge in [-0.25, -0.2) is 0 Å². The molecule has 216 valence electrons. The highest BCUT2D eigenvalue weighted by Gasteiger charge is 2.46. The van der Waals surface area contributed by atoms with Crippen molar-refractivity contribution in [2.45, 2.75) is 63.0 Å².